The van der Waals surface area contributed by atoms with E-state index in [1.807, 2.05) is 24.3 Å². The van der Waals surface area contributed by atoms with Crippen molar-refractivity contribution in [1.29, 1.82) is 0 Å². The summed E-state index contributed by atoms with van der Waals surface area (Å²) in [7, 11) is -3.24. The van der Waals surface area contributed by atoms with E-state index in [4.69, 9.17) is 10.5 Å². The molecule has 1 aliphatic heterocycles. The SMILES string of the molecule is NCCCS(=O)(=O)N1CCOc2ccccc2C1. The van der Waals surface area contributed by atoms with Crippen LogP contribution in [0, 0.1) is 0 Å². The third-order valence-corrected chi connectivity index (χ3v) is 4.82. The number of hydrogen-bond acceptors (Lipinski definition) is 4. The maximum atomic E-state index is 12.1. The van der Waals surface area contributed by atoms with Crippen LogP contribution in [0.4, 0.5) is 0 Å². The Balaban J connectivity index is 2.17. The Kier molecular flexibility index (Phi) is 4.21. The molecule has 2 N–H and O–H groups in total. The Hall–Kier alpha value is -1.11. The molecular formula is C12H18N2O3S. The quantitative estimate of drug-likeness (QED) is 0.867. The van der Waals surface area contributed by atoms with Gasteiger partial charge in [0.25, 0.3) is 0 Å². The second-order valence-electron chi connectivity index (χ2n) is 4.25. The highest BCUT2D eigenvalue weighted by molar-refractivity contribution is 7.89. The largest absolute Gasteiger partial charge is 0.492 e. The van der Waals surface area contributed by atoms with E-state index in [1.54, 1.807) is 0 Å². The number of para-hydroxylation sites is 1. The van der Waals surface area contributed by atoms with Crippen molar-refractivity contribution >= 4 is 10.0 Å². The third kappa shape index (κ3) is 3.01. The van der Waals surface area contributed by atoms with E-state index in [9.17, 15) is 8.42 Å². The van der Waals surface area contributed by atoms with Gasteiger partial charge in [-0.25, -0.2) is 8.42 Å². The summed E-state index contributed by atoms with van der Waals surface area (Å²) in [5, 5.41) is 0. The fraction of sp³-hybridized carbons (Fsp3) is 0.500. The van der Waals surface area contributed by atoms with Crippen LogP contribution in [0.1, 0.15) is 12.0 Å². The van der Waals surface area contributed by atoms with E-state index >= 15 is 0 Å². The van der Waals surface area contributed by atoms with Gasteiger partial charge in [0.15, 0.2) is 0 Å². The topological polar surface area (TPSA) is 72.6 Å². The lowest BCUT2D eigenvalue weighted by molar-refractivity contribution is 0.293. The summed E-state index contributed by atoms with van der Waals surface area (Å²) in [5.74, 6) is 0.875. The minimum atomic E-state index is -3.24. The third-order valence-electron chi connectivity index (χ3n) is 2.92. The zero-order chi connectivity index (χ0) is 13.0. The standard InChI is InChI=1S/C12H18N2O3S/c13-6-3-9-18(15,16)14-7-8-17-12-5-2-1-4-11(12)10-14/h1-2,4-5H,3,6-10,13H2. The first-order valence-corrected chi connectivity index (χ1v) is 7.63. The minimum Gasteiger partial charge on any atom is -0.492 e. The Morgan fingerprint density at radius 2 is 2.11 bits per heavy atom. The zero-order valence-corrected chi connectivity index (χ0v) is 11.0. The van der Waals surface area contributed by atoms with Gasteiger partial charge < -0.3 is 10.5 Å². The average Bonchev–Trinajstić information content (AvgIpc) is 2.59. The van der Waals surface area contributed by atoms with Crippen molar-refractivity contribution < 1.29 is 13.2 Å². The van der Waals surface area contributed by atoms with Crippen molar-refractivity contribution in [3.63, 3.8) is 0 Å². The molecule has 0 spiro atoms. The van der Waals surface area contributed by atoms with E-state index in [0.29, 0.717) is 32.7 Å². The number of sulfonamides is 1. The second-order valence-corrected chi connectivity index (χ2v) is 6.34. The van der Waals surface area contributed by atoms with Crippen molar-refractivity contribution in [3.05, 3.63) is 29.8 Å². The Labute approximate surface area is 108 Å². The van der Waals surface area contributed by atoms with Crippen LogP contribution in [-0.2, 0) is 16.6 Å². The molecule has 1 aromatic rings. The monoisotopic (exact) mass is 270 g/mol. The molecule has 18 heavy (non-hydrogen) atoms. The van der Waals surface area contributed by atoms with E-state index < -0.39 is 10.0 Å². The molecular weight excluding hydrogens is 252 g/mol. The summed E-state index contributed by atoms with van der Waals surface area (Å²) in [6.07, 6.45) is 0.487. The van der Waals surface area contributed by atoms with Gasteiger partial charge >= 0.3 is 0 Å². The van der Waals surface area contributed by atoms with Crippen LogP contribution in [0.25, 0.3) is 0 Å². The summed E-state index contributed by atoms with van der Waals surface area (Å²) in [4.78, 5) is 0. The summed E-state index contributed by atoms with van der Waals surface area (Å²) >= 11 is 0. The van der Waals surface area contributed by atoms with Gasteiger partial charge in [0.2, 0.25) is 10.0 Å². The van der Waals surface area contributed by atoms with Gasteiger partial charge in [-0.1, -0.05) is 18.2 Å². The summed E-state index contributed by atoms with van der Waals surface area (Å²) in [5.41, 5.74) is 6.27. The lowest BCUT2D eigenvalue weighted by Crippen LogP contribution is -2.34. The van der Waals surface area contributed by atoms with E-state index in [-0.39, 0.29) is 5.75 Å². The van der Waals surface area contributed by atoms with Crippen LogP contribution in [-0.4, -0.2) is 38.2 Å². The Bertz CT molecular complexity index is 502. The first-order valence-electron chi connectivity index (χ1n) is 6.02. The van der Waals surface area contributed by atoms with Crippen molar-refractivity contribution in [1.82, 2.24) is 4.31 Å². The lowest BCUT2D eigenvalue weighted by atomic mass is 10.2. The molecule has 1 heterocycles. The first-order chi connectivity index (χ1) is 8.63. The number of nitrogens with zero attached hydrogens (tertiary/aromatic N) is 1. The number of benzene rings is 1. The highest BCUT2D eigenvalue weighted by Gasteiger charge is 2.25. The lowest BCUT2D eigenvalue weighted by Gasteiger charge is -2.19. The fourth-order valence-corrected chi connectivity index (χ4v) is 3.41. The van der Waals surface area contributed by atoms with Crippen molar-refractivity contribution in [2.24, 2.45) is 5.73 Å². The van der Waals surface area contributed by atoms with Crippen molar-refractivity contribution in [2.75, 3.05) is 25.4 Å². The van der Waals surface area contributed by atoms with E-state index in [2.05, 4.69) is 0 Å². The zero-order valence-electron chi connectivity index (χ0n) is 10.2. The molecule has 0 fully saturated rings. The molecule has 0 aliphatic carbocycles. The average molecular weight is 270 g/mol. The maximum Gasteiger partial charge on any atom is 0.214 e. The molecule has 0 amide bonds. The molecule has 0 unspecified atom stereocenters. The predicted octanol–water partition coefficient (Wildman–Crippen LogP) is 0.560. The molecule has 6 heteroatoms. The van der Waals surface area contributed by atoms with Gasteiger partial charge in [0.1, 0.15) is 12.4 Å². The van der Waals surface area contributed by atoms with Crippen LogP contribution in [0.15, 0.2) is 24.3 Å². The molecule has 5 nitrogen and oxygen atoms in total. The van der Waals surface area contributed by atoms with Gasteiger partial charge in [-0.15, -0.1) is 0 Å². The molecule has 0 radical (unpaired) electrons. The minimum absolute atomic E-state index is 0.103. The normalized spacial score (nSPS) is 16.7. The van der Waals surface area contributed by atoms with Crippen LogP contribution in [0.3, 0.4) is 0 Å². The first kappa shape index (κ1) is 13.3. The molecule has 1 aliphatic rings. The number of rotatable bonds is 4. The van der Waals surface area contributed by atoms with Gasteiger partial charge in [0, 0.05) is 18.7 Å². The van der Waals surface area contributed by atoms with E-state index in [0.717, 1.165) is 11.3 Å². The Morgan fingerprint density at radius 1 is 1.33 bits per heavy atom. The second kappa shape index (κ2) is 5.69. The molecule has 0 atom stereocenters. The van der Waals surface area contributed by atoms with Gasteiger partial charge in [0.05, 0.1) is 5.75 Å². The number of fused-ring (bicyclic) bond motifs is 1. The molecule has 100 valence electrons. The maximum absolute atomic E-state index is 12.1. The van der Waals surface area contributed by atoms with Crippen LogP contribution in [0.5, 0.6) is 5.75 Å². The molecule has 2 rings (SSSR count). The molecule has 0 bridgehead atoms. The number of nitrogens with two attached hydrogens (primary N) is 1. The van der Waals surface area contributed by atoms with E-state index in [1.165, 1.54) is 4.31 Å². The molecule has 0 aromatic heterocycles. The van der Waals surface area contributed by atoms with Crippen LogP contribution < -0.4 is 10.5 Å². The fourth-order valence-electron chi connectivity index (χ4n) is 1.93. The van der Waals surface area contributed by atoms with Gasteiger partial charge in [-0.2, -0.15) is 4.31 Å². The number of ether oxygens (including phenoxy) is 1. The van der Waals surface area contributed by atoms with Crippen LogP contribution in [0.2, 0.25) is 0 Å². The molecule has 0 saturated heterocycles. The smallest absolute Gasteiger partial charge is 0.214 e. The summed E-state index contributed by atoms with van der Waals surface area (Å²) < 4.78 is 31.3. The molecule has 1 aromatic carbocycles. The van der Waals surface area contributed by atoms with Gasteiger partial charge in [-0.3, -0.25) is 0 Å². The van der Waals surface area contributed by atoms with Crippen molar-refractivity contribution in [3.8, 4) is 5.75 Å². The summed E-state index contributed by atoms with van der Waals surface area (Å²) in [6.45, 7) is 1.55. The van der Waals surface area contributed by atoms with Gasteiger partial charge in [-0.05, 0) is 19.0 Å². The Morgan fingerprint density at radius 3 is 2.89 bits per heavy atom. The van der Waals surface area contributed by atoms with Crippen molar-refractivity contribution in [2.45, 2.75) is 13.0 Å². The predicted molar refractivity (Wildman–Crippen MR) is 69.8 cm³/mol. The molecule has 0 saturated carbocycles. The summed E-state index contributed by atoms with van der Waals surface area (Å²) in [6, 6.07) is 7.53. The highest BCUT2D eigenvalue weighted by atomic mass is 32.2. The highest BCUT2D eigenvalue weighted by Crippen LogP contribution is 2.23. The number of hydrogen-bond donors (Lipinski definition) is 1. The van der Waals surface area contributed by atoms with Crippen LogP contribution >= 0.6 is 0 Å².